The zero-order valence-electron chi connectivity index (χ0n) is 12.3. The summed E-state index contributed by atoms with van der Waals surface area (Å²) < 4.78 is 0. The summed E-state index contributed by atoms with van der Waals surface area (Å²) in [6.45, 7) is 2.93. The maximum Gasteiger partial charge on any atom is 0.0608 e. The number of aliphatic hydroxyl groups excluding tert-OH is 1. The highest BCUT2D eigenvalue weighted by Gasteiger charge is 2.39. The van der Waals surface area contributed by atoms with E-state index in [0.29, 0.717) is 6.54 Å². The van der Waals surface area contributed by atoms with E-state index in [9.17, 15) is 5.11 Å². The number of hydrogen-bond acceptors (Lipinski definition) is 2. The molecule has 0 bridgehead atoms. The SMILES string of the molecule is CCCCCCCCCCC1(CN)CCCC1O. The van der Waals surface area contributed by atoms with Gasteiger partial charge in [-0.2, -0.15) is 0 Å². The van der Waals surface area contributed by atoms with Crippen LogP contribution in [0.2, 0.25) is 0 Å². The zero-order valence-corrected chi connectivity index (χ0v) is 12.3. The van der Waals surface area contributed by atoms with Gasteiger partial charge in [0, 0.05) is 12.0 Å². The van der Waals surface area contributed by atoms with E-state index >= 15 is 0 Å². The van der Waals surface area contributed by atoms with Gasteiger partial charge in [-0.05, 0) is 19.3 Å². The van der Waals surface area contributed by atoms with E-state index in [2.05, 4.69) is 6.92 Å². The highest BCUT2D eigenvalue weighted by Crippen LogP contribution is 2.41. The highest BCUT2D eigenvalue weighted by atomic mass is 16.3. The minimum absolute atomic E-state index is 0.0716. The molecular formula is C16H33NO. The molecule has 2 atom stereocenters. The van der Waals surface area contributed by atoms with Crippen molar-refractivity contribution in [3.05, 3.63) is 0 Å². The first kappa shape index (κ1) is 16.0. The lowest BCUT2D eigenvalue weighted by Crippen LogP contribution is -2.37. The van der Waals surface area contributed by atoms with Crippen LogP contribution in [0.25, 0.3) is 0 Å². The first-order chi connectivity index (χ1) is 8.75. The molecule has 0 saturated heterocycles. The number of nitrogens with two attached hydrogens (primary N) is 1. The van der Waals surface area contributed by atoms with E-state index in [-0.39, 0.29) is 11.5 Å². The first-order valence-corrected chi connectivity index (χ1v) is 8.13. The molecule has 0 amide bonds. The number of rotatable bonds is 10. The fourth-order valence-corrected chi connectivity index (χ4v) is 3.36. The molecule has 2 unspecified atom stereocenters. The molecule has 18 heavy (non-hydrogen) atoms. The van der Waals surface area contributed by atoms with Crippen molar-refractivity contribution in [2.45, 2.75) is 90.1 Å². The standard InChI is InChI=1S/C16H33NO/c1-2-3-4-5-6-7-8-9-12-16(14-17)13-10-11-15(16)18/h15,18H,2-14,17H2,1H3. The Balaban J connectivity index is 2.03. The van der Waals surface area contributed by atoms with E-state index in [0.717, 1.165) is 25.7 Å². The Kier molecular flexibility index (Phi) is 7.92. The maximum absolute atomic E-state index is 10.1. The summed E-state index contributed by atoms with van der Waals surface area (Å²) in [7, 11) is 0. The summed E-state index contributed by atoms with van der Waals surface area (Å²) in [6, 6.07) is 0. The summed E-state index contributed by atoms with van der Waals surface area (Å²) >= 11 is 0. The van der Waals surface area contributed by atoms with Gasteiger partial charge < -0.3 is 10.8 Å². The summed E-state index contributed by atoms with van der Waals surface area (Å²) in [5.74, 6) is 0. The van der Waals surface area contributed by atoms with Crippen LogP contribution in [0, 0.1) is 5.41 Å². The van der Waals surface area contributed by atoms with Crippen LogP contribution in [0.15, 0.2) is 0 Å². The van der Waals surface area contributed by atoms with Gasteiger partial charge in [0.05, 0.1) is 6.10 Å². The van der Waals surface area contributed by atoms with Crippen molar-refractivity contribution in [1.29, 1.82) is 0 Å². The minimum atomic E-state index is -0.132. The topological polar surface area (TPSA) is 46.2 Å². The van der Waals surface area contributed by atoms with E-state index in [1.165, 1.54) is 51.4 Å². The van der Waals surface area contributed by atoms with E-state index in [1.807, 2.05) is 0 Å². The number of aliphatic hydroxyl groups is 1. The average molecular weight is 255 g/mol. The second kappa shape index (κ2) is 8.92. The van der Waals surface area contributed by atoms with Crippen LogP contribution in [0.3, 0.4) is 0 Å². The van der Waals surface area contributed by atoms with Gasteiger partial charge in [-0.3, -0.25) is 0 Å². The maximum atomic E-state index is 10.1. The molecule has 0 radical (unpaired) electrons. The zero-order chi connectivity index (χ0) is 13.3. The Morgan fingerprint density at radius 1 is 1.06 bits per heavy atom. The second-order valence-electron chi connectivity index (χ2n) is 6.20. The van der Waals surface area contributed by atoms with Gasteiger partial charge in [-0.25, -0.2) is 0 Å². The average Bonchev–Trinajstić information content (AvgIpc) is 2.75. The molecule has 1 aliphatic rings. The molecule has 1 aliphatic carbocycles. The van der Waals surface area contributed by atoms with Crippen LogP contribution < -0.4 is 5.73 Å². The summed E-state index contributed by atoms with van der Waals surface area (Å²) in [4.78, 5) is 0. The summed E-state index contributed by atoms with van der Waals surface area (Å²) in [6.07, 6.45) is 15.1. The molecule has 1 saturated carbocycles. The Bertz CT molecular complexity index is 207. The molecule has 0 aliphatic heterocycles. The lowest BCUT2D eigenvalue weighted by Gasteiger charge is -2.31. The van der Waals surface area contributed by atoms with E-state index in [4.69, 9.17) is 5.73 Å². The smallest absolute Gasteiger partial charge is 0.0608 e. The van der Waals surface area contributed by atoms with Crippen molar-refractivity contribution in [3.63, 3.8) is 0 Å². The van der Waals surface area contributed by atoms with Crippen LogP contribution in [-0.4, -0.2) is 17.8 Å². The molecule has 0 spiro atoms. The monoisotopic (exact) mass is 255 g/mol. The molecule has 0 heterocycles. The van der Waals surface area contributed by atoms with Gasteiger partial charge in [0.2, 0.25) is 0 Å². The molecule has 0 aromatic carbocycles. The van der Waals surface area contributed by atoms with Crippen molar-refractivity contribution in [3.8, 4) is 0 Å². The fraction of sp³-hybridized carbons (Fsp3) is 1.00. The van der Waals surface area contributed by atoms with Gasteiger partial charge >= 0.3 is 0 Å². The quantitative estimate of drug-likeness (QED) is 0.579. The molecule has 3 N–H and O–H groups in total. The Morgan fingerprint density at radius 2 is 1.67 bits per heavy atom. The number of unbranched alkanes of at least 4 members (excludes halogenated alkanes) is 7. The van der Waals surface area contributed by atoms with Crippen molar-refractivity contribution >= 4 is 0 Å². The van der Waals surface area contributed by atoms with Gasteiger partial charge in [0.25, 0.3) is 0 Å². The number of hydrogen-bond donors (Lipinski definition) is 2. The van der Waals surface area contributed by atoms with Crippen molar-refractivity contribution in [2.75, 3.05) is 6.54 Å². The predicted octanol–water partition coefficient (Wildman–Crippen LogP) is 4.01. The Hall–Kier alpha value is -0.0800. The van der Waals surface area contributed by atoms with Crippen molar-refractivity contribution in [1.82, 2.24) is 0 Å². The fourth-order valence-electron chi connectivity index (χ4n) is 3.36. The molecule has 1 fully saturated rings. The van der Waals surface area contributed by atoms with E-state index in [1.54, 1.807) is 0 Å². The third-order valence-corrected chi connectivity index (χ3v) is 4.79. The van der Waals surface area contributed by atoms with Crippen molar-refractivity contribution < 1.29 is 5.11 Å². The van der Waals surface area contributed by atoms with E-state index < -0.39 is 0 Å². The van der Waals surface area contributed by atoms with Crippen LogP contribution in [0.1, 0.15) is 84.0 Å². The van der Waals surface area contributed by atoms with Gasteiger partial charge in [0.1, 0.15) is 0 Å². The molecule has 1 rings (SSSR count). The van der Waals surface area contributed by atoms with Gasteiger partial charge in [-0.15, -0.1) is 0 Å². The molecule has 2 heteroatoms. The van der Waals surface area contributed by atoms with Crippen LogP contribution in [0.4, 0.5) is 0 Å². The van der Waals surface area contributed by atoms with Crippen LogP contribution in [-0.2, 0) is 0 Å². The van der Waals surface area contributed by atoms with Crippen LogP contribution >= 0.6 is 0 Å². The third-order valence-electron chi connectivity index (χ3n) is 4.79. The second-order valence-corrected chi connectivity index (χ2v) is 6.20. The molecule has 0 aromatic heterocycles. The summed E-state index contributed by atoms with van der Waals surface area (Å²) in [5, 5.41) is 10.1. The van der Waals surface area contributed by atoms with Crippen molar-refractivity contribution in [2.24, 2.45) is 11.1 Å². The largest absolute Gasteiger partial charge is 0.393 e. The van der Waals surface area contributed by atoms with Gasteiger partial charge in [-0.1, -0.05) is 64.7 Å². The summed E-state index contributed by atoms with van der Waals surface area (Å²) in [5.41, 5.74) is 5.97. The highest BCUT2D eigenvalue weighted by molar-refractivity contribution is 4.92. The molecular weight excluding hydrogens is 222 g/mol. The normalized spacial score (nSPS) is 27.8. The molecule has 2 nitrogen and oxygen atoms in total. The first-order valence-electron chi connectivity index (χ1n) is 8.13. The lowest BCUT2D eigenvalue weighted by atomic mass is 9.79. The Labute approximate surface area is 113 Å². The predicted molar refractivity (Wildman–Crippen MR) is 78.6 cm³/mol. The lowest BCUT2D eigenvalue weighted by molar-refractivity contribution is 0.0500. The minimum Gasteiger partial charge on any atom is -0.393 e. The third kappa shape index (κ3) is 4.89. The van der Waals surface area contributed by atoms with Gasteiger partial charge in [0.15, 0.2) is 0 Å². The molecule has 108 valence electrons. The Morgan fingerprint density at radius 3 is 2.17 bits per heavy atom. The van der Waals surface area contributed by atoms with Crippen LogP contribution in [0.5, 0.6) is 0 Å². The molecule has 0 aromatic rings.